The fourth-order valence-electron chi connectivity index (χ4n) is 5.78. The zero-order valence-electron chi connectivity index (χ0n) is 21.4. The molecule has 1 aromatic carbocycles. The maximum atomic E-state index is 13.6. The van der Waals surface area contributed by atoms with E-state index < -0.39 is 0 Å². The predicted molar refractivity (Wildman–Crippen MR) is 139 cm³/mol. The van der Waals surface area contributed by atoms with Crippen LogP contribution in [0.5, 0.6) is 0 Å². The minimum absolute atomic E-state index is 0.156. The Bertz CT molecular complexity index is 1460. The topological polar surface area (TPSA) is 89.1 Å². The van der Waals surface area contributed by atoms with Crippen LogP contribution >= 0.6 is 0 Å². The van der Waals surface area contributed by atoms with E-state index in [0.717, 1.165) is 47.7 Å². The Morgan fingerprint density at radius 1 is 1.22 bits per heavy atom. The Kier molecular flexibility index (Phi) is 5.26. The van der Waals surface area contributed by atoms with Crippen molar-refractivity contribution in [2.24, 2.45) is 13.0 Å². The molecule has 2 saturated carbocycles. The van der Waals surface area contributed by atoms with E-state index in [-0.39, 0.29) is 16.9 Å². The van der Waals surface area contributed by atoms with Gasteiger partial charge in [-0.15, -0.1) is 10.2 Å². The summed E-state index contributed by atoms with van der Waals surface area (Å²) in [5, 5.41) is 15.4. The molecule has 0 saturated heterocycles. The highest BCUT2D eigenvalue weighted by Gasteiger charge is 2.48. The zero-order chi connectivity index (χ0) is 25.1. The molecule has 0 unspecified atom stereocenters. The van der Waals surface area contributed by atoms with Gasteiger partial charge in [0.25, 0.3) is 5.91 Å². The Morgan fingerprint density at radius 2 is 2.03 bits per heavy atom. The van der Waals surface area contributed by atoms with Crippen molar-refractivity contribution in [3.05, 3.63) is 77.3 Å². The molecule has 0 atom stereocenters. The fourth-order valence-corrected chi connectivity index (χ4v) is 5.78. The number of anilines is 1. The molecule has 36 heavy (non-hydrogen) atoms. The van der Waals surface area contributed by atoms with Gasteiger partial charge in [-0.05, 0) is 74.8 Å². The number of aryl methyl sites for hydroxylation is 2. The van der Waals surface area contributed by atoms with Crippen LogP contribution in [-0.2, 0) is 19.0 Å². The van der Waals surface area contributed by atoms with Gasteiger partial charge in [0.05, 0.1) is 11.0 Å². The van der Waals surface area contributed by atoms with Crippen LogP contribution in [0.3, 0.4) is 0 Å². The van der Waals surface area contributed by atoms with E-state index in [0.29, 0.717) is 17.1 Å². The molecule has 4 aromatic rings. The van der Waals surface area contributed by atoms with Crippen LogP contribution in [0.4, 0.5) is 5.69 Å². The summed E-state index contributed by atoms with van der Waals surface area (Å²) in [5.74, 6) is 1.44. The van der Waals surface area contributed by atoms with Gasteiger partial charge in [-0.3, -0.25) is 4.79 Å². The monoisotopic (exact) mass is 483 g/mol. The number of nitrogens with zero attached hydrogens (tertiary/aromatic N) is 5. The average Bonchev–Trinajstić information content (AvgIpc) is 3.20. The lowest BCUT2D eigenvalue weighted by Crippen LogP contribution is -2.43. The van der Waals surface area contributed by atoms with Crippen LogP contribution in [-0.4, -0.2) is 35.6 Å². The summed E-state index contributed by atoms with van der Waals surface area (Å²) in [6, 6.07) is 10.2. The number of hydrogen-bond acceptors (Lipinski definition) is 5. The molecule has 2 aliphatic rings. The molecule has 0 bridgehead atoms. The van der Waals surface area contributed by atoms with Crippen LogP contribution in [0.25, 0.3) is 5.65 Å². The predicted octanol–water partition coefficient (Wildman–Crippen LogP) is 4.38. The molecule has 186 valence electrons. The van der Waals surface area contributed by atoms with Gasteiger partial charge in [0.2, 0.25) is 0 Å². The standard InChI is InChI=1S/C28H33N7O/c1-18-14-28(15-18,26-33-31-17-34(26)4)21-6-5-7-22(13-21)32-25(36)23-12-20(16-30-27(3)8-9-27)19(2)35-11-10-29-24(23)35/h5-7,10-13,17-18,30H,8-9,14-16H2,1-4H3,(H,32,36). The third-order valence-electron chi connectivity index (χ3n) is 8.18. The summed E-state index contributed by atoms with van der Waals surface area (Å²) in [5.41, 5.74) is 5.43. The Hall–Kier alpha value is -3.52. The lowest BCUT2D eigenvalue weighted by molar-refractivity contribution is 0.102. The van der Waals surface area contributed by atoms with E-state index in [1.54, 1.807) is 12.5 Å². The number of aromatic nitrogens is 5. The van der Waals surface area contributed by atoms with Crippen molar-refractivity contribution in [2.75, 3.05) is 5.32 Å². The highest BCUT2D eigenvalue weighted by molar-refractivity contribution is 6.08. The number of amides is 1. The normalized spacial score (nSPS) is 22.4. The second-order valence-electron chi connectivity index (χ2n) is 11.1. The van der Waals surface area contributed by atoms with Crippen LogP contribution < -0.4 is 10.6 Å². The Labute approximate surface area is 211 Å². The van der Waals surface area contributed by atoms with Crippen molar-refractivity contribution in [3.63, 3.8) is 0 Å². The van der Waals surface area contributed by atoms with Gasteiger partial charge < -0.3 is 19.6 Å². The molecule has 1 amide bonds. The van der Waals surface area contributed by atoms with Gasteiger partial charge in [0.1, 0.15) is 17.8 Å². The fraction of sp³-hybridized carbons (Fsp3) is 0.429. The lowest BCUT2D eigenvalue weighted by Gasteiger charge is -2.46. The second-order valence-corrected chi connectivity index (χ2v) is 11.1. The van der Waals surface area contributed by atoms with Crippen molar-refractivity contribution in [1.29, 1.82) is 0 Å². The number of nitrogens with one attached hydrogen (secondary N) is 2. The first-order valence-corrected chi connectivity index (χ1v) is 12.7. The molecule has 8 heteroatoms. The van der Waals surface area contributed by atoms with Gasteiger partial charge in [-0.1, -0.05) is 19.1 Å². The van der Waals surface area contributed by atoms with Crippen molar-refractivity contribution in [3.8, 4) is 0 Å². The maximum Gasteiger partial charge on any atom is 0.259 e. The van der Waals surface area contributed by atoms with Crippen molar-refractivity contribution in [2.45, 2.75) is 64.0 Å². The number of pyridine rings is 1. The van der Waals surface area contributed by atoms with Gasteiger partial charge >= 0.3 is 0 Å². The first-order valence-electron chi connectivity index (χ1n) is 12.7. The number of benzene rings is 1. The molecule has 6 rings (SSSR count). The summed E-state index contributed by atoms with van der Waals surface area (Å²) in [6.07, 6.45) is 9.84. The maximum absolute atomic E-state index is 13.6. The summed E-state index contributed by atoms with van der Waals surface area (Å²) < 4.78 is 4.02. The quantitative estimate of drug-likeness (QED) is 0.407. The number of rotatable bonds is 7. The molecule has 8 nitrogen and oxygen atoms in total. The minimum atomic E-state index is -0.177. The smallest absolute Gasteiger partial charge is 0.259 e. The van der Waals surface area contributed by atoms with Crippen LogP contribution in [0.2, 0.25) is 0 Å². The highest BCUT2D eigenvalue weighted by Crippen LogP contribution is 2.51. The molecule has 0 radical (unpaired) electrons. The van der Waals surface area contributed by atoms with Gasteiger partial charge in [-0.2, -0.15) is 0 Å². The van der Waals surface area contributed by atoms with Gasteiger partial charge in [-0.25, -0.2) is 4.98 Å². The first kappa shape index (κ1) is 22.9. The van der Waals surface area contributed by atoms with E-state index in [1.165, 1.54) is 12.8 Å². The average molecular weight is 484 g/mol. The Morgan fingerprint density at radius 3 is 2.72 bits per heavy atom. The van der Waals surface area contributed by atoms with Crippen LogP contribution in [0.15, 0.2) is 49.1 Å². The summed E-state index contributed by atoms with van der Waals surface area (Å²) in [4.78, 5) is 18.1. The Balaban J connectivity index is 1.31. The SMILES string of the molecule is Cc1c(CNC2(C)CC2)cc(C(=O)Nc2cccc(C3(c4nncn4C)CC(C)C3)c2)c2nccn12. The molecular weight excluding hydrogens is 450 g/mol. The number of imidazole rings is 1. The van der Waals surface area contributed by atoms with E-state index >= 15 is 0 Å². The van der Waals surface area contributed by atoms with Crippen molar-refractivity contribution >= 4 is 17.2 Å². The summed E-state index contributed by atoms with van der Waals surface area (Å²) >= 11 is 0. The molecule has 0 spiro atoms. The van der Waals surface area contributed by atoms with E-state index in [1.807, 2.05) is 40.4 Å². The number of hydrogen-bond donors (Lipinski definition) is 2. The van der Waals surface area contributed by atoms with Crippen molar-refractivity contribution < 1.29 is 4.79 Å². The molecule has 3 heterocycles. The zero-order valence-corrected chi connectivity index (χ0v) is 21.4. The summed E-state index contributed by atoms with van der Waals surface area (Å²) in [6.45, 7) is 7.32. The first-order chi connectivity index (χ1) is 17.3. The van der Waals surface area contributed by atoms with E-state index in [4.69, 9.17) is 0 Å². The van der Waals surface area contributed by atoms with Gasteiger partial charge in [0.15, 0.2) is 0 Å². The highest BCUT2D eigenvalue weighted by atomic mass is 16.1. The molecular formula is C28H33N7O. The summed E-state index contributed by atoms with van der Waals surface area (Å²) in [7, 11) is 1.99. The van der Waals surface area contributed by atoms with E-state index in [2.05, 4.69) is 58.7 Å². The largest absolute Gasteiger partial charge is 0.322 e. The number of fused-ring (bicyclic) bond motifs is 1. The van der Waals surface area contributed by atoms with Crippen LogP contribution in [0, 0.1) is 12.8 Å². The number of carbonyl (C=O) groups is 1. The number of carbonyl (C=O) groups excluding carboxylic acids is 1. The lowest BCUT2D eigenvalue weighted by atomic mass is 9.58. The third kappa shape index (κ3) is 3.80. The van der Waals surface area contributed by atoms with Gasteiger partial charge in [0, 0.05) is 42.9 Å². The van der Waals surface area contributed by atoms with Crippen molar-refractivity contribution in [1.82, 2.24) is 29.5 Å². The van der Waals surface area contributed by atoms with E-state index in [9.17, 15) is 4.79 Å². The molecule has 3 aromatic heterocycles. The molecule has 0 aliphatic heterocycles. The molecule has 2 fully saturated rings. The molecule has 2 N–H and O–H groups in total. The van der Waals surface area contributed by atoms with Crippen LogP contribution in [0.1, 0.15) is 72.5 Å². The molecule has 2 aliphatic carbocycles. The third-order valence-corrected chi connectivity index (χ3v) is 8.18. The minimum Gasteiger partial charge on any atom is -0.322 e. The second kappa shape index (κ2) is 8.27.